The van der Waals surface area contributed by atoms with Crippen molar-refractivity contribution in [2.75, 3.05) is 11.8 Å². The summed E-state index contributed by atoms with van der Waals surface area (Å²) in [5.41, 5.74) is 0.619. The van der Waals surface area contributed by atoms with Gasteiger partial charge >= 0.3 is 0 Å². The van der Waals surface area contributed by atoms with Crippen molar-refractivity contribution in [3.05, 3.63) is 82.9 Å². The van der Waals surface area contributed by atoms with Crippen LogP contribution in [-0.2, 0) is 16.6 Å². The number of thiazole rings is 1. The van der Waals surface area contributed by atoms with Crippen LogP contribution >= 0.6 is 11.3 Å². The van der Waals surface area contributed by atoms with Crippen LogP contribution in [0.3, 0.4) is 0 Å². The highest BCUT2D eigenvalue weighted by atomic mass is 32.2. The molecule has 1 aromatic heterocycles. The molecule has 0 spiro atoms. The van der Waals surface area contributed by atoms with E-state index in [9.17, 15) is 17.6 Å². The van der Waals surface area contributed by atoms with E-state index in [0.29, 0.717) is 10.4 Å². The molecule has 1 heterocycles. The van der Waals surface area contributed by atoms with Crippen molar-refractivity contribution in [3.63, 3.8) is 0 Å². The molecular weight excluding hydrogens is 477 g/mol. The topological polar surface area (TPSA) is 89.8 Å². The number of fused-ring (bicyclic) bond motifs is 1. The first-order chi connectivity index (χ1) is 16.3. The van der Waals surface area contributed by atoms with Crippen molar-refractivity contribution in [3.8, 4) is 18.1 Å². The van der Waals surface area contributed by atoms with E-state index >= 15 is 0 Å². The third-order valence-corrected chi connectivity index (χ3v) is 7.27. The second-order valence-electron chi connectivity index (χ2n) is 7.04. The SMILES string of the molecule is C#CCn1c(=NC(=O)c2cccc(NS(=O)(=O)c3ccc(OC)cc3)c2)sc2cccc(F)c21. The summed E-state index contributed by atoms with van der Waals surface area (Å²) in [6.45, 7) is 0.0365. The van der Waals surface area contributed by atoms with Gasteiger partial charge in [-0.2, -0.15) is 4.99 Å². The predicted octanol–water partition coefficient (Wildman–Crippen LogP) is 4.03. The van der Waals surface area contributed by atoms with Gasteiger partial charge in [0.25, 0.3) is 15.9 Å². The molecule has 7 nitrogen and oxygen atoms in total. The average Bonchev–Trinajstić information content (AvgIpc) is 3.17. The van der Waals surface area contributed by atoms with Crippen LogP contribution in [0.15, 0.2) is 76.6 Å². The number of benzene rings is 3. The largest absolute Gasteiger partial charge is 0.497 e. The third kappa shape index (κ3) is 4.71. The van der Waals surface area contributed by atoms with Crippen molar-refractivity contribution in [2.24, 2.45) is 4.99 Å². The van der Waals surface area contributed by atoms with E-state index in [2.05, 4.69) is 15.6 Å². The first-order valence-corrected chi connectivity index (χ1v) is 12.2. The molecule has 0 saturated heterocycles. The fraction of sp³-hybridized carbons (Fsp3) is 0.0833. The maximum Gasteiger partial charge on any atom is 0.279 e. The third-order valence-electron chi connectivity index (χ3n) is 4.83. The highest BCUT2D eigenvalue weighted by molar-refractivity contribution is 7.92. The van der Waals surface area contributed by atoms with Crippen LogP contribution in [-0.4, -0.2) is 26.0 Å². The molecule has 0 atom stereocenters. The van der Waals surface area contributed by atoms with Crippen molar-refractivity contribution >= 4 is 43.2 Å². The molecule has 0 radical (unpaired) electrons. The Morgan fingerprint density at radius 3 is 2.62 bits per heavy atom. The number of nitrogens with zero attached hydrogens (tertiary/aromatic N) is 2. The van der Waals surface area contributed by atoms with Crippen LogP contribution in [0.4, 0.5) is 10.1 Å². The number of hydrogen-bond donors (Lipinski definition) is 1. The molecule has 10 heteroatoms. The second kappa shape index (κ2) is 9.51. The van der Waals surface area contributed by atoms with Gasteiger partial charge in [-0.25, -0.2) is 12.8 Å². The zero-order chi connectivity index (χ0) is 24.3. The van der Waals surface area contributed by atoms with Gasteiger partial charge < -0.3 is 9.30 Å². The Hall–Kier alpha value is -3.94. The Morgan fingerprint density at radius 2 is 1.91 bits per heavy atom. The smallest absolute Gasteiger partial charge is 0.279 e. The van der Waals surface area contributed by atoms with E-state index in [1.54, 1.807) is 12.1 Å². The normalized spacial score (nSPS) is 11.9. The number of nitrogens with one attached hydrogen (secondary N) is 1. The number of rotatable bonds is 6. The van der Waals surface area contributed by atoms with Crippen LogP contribution in [0.5, 0.6) is 5.75 Å². The monoisotopic (exact) mass is 495 g/mol. The number of terminal acetylenes is 1. The van der Waals surface area contributed by atoms with Crippen molar-refractivity contribution in [1.82, 2.24) is 4.57 Å². The summed E-state index contributed by atoms with van der Waals surface area (Å²) in [5, 5.41) is 0. The fourth-order valence-corrected chi connectivity index (χ4v) is 5.34. The molecule has 0 aliphatic heterocycles. The lowest BCUT2D eigenvalue weighted by Gasteiger charge is -2.09. The highest BCUT2D eigenvalue weighted by Crippen LogP contribution is 2.22. The minimum Gasteiger partial charge on any atom is -0.497 e. The summed E-state index contributed by atoms with van der Waals surface area (Å²) in [7, 11) is -2.40. The molecular formula is C24H18FN3O4S2. The molecule has 4 aromatic rings. The lowest BCUT2D eigenvalue weighted by atomic mass is 10.2. The number of para-hydroxylation sites is 1. The first-order valence-electron chi connectivity index (χ1n) is 9.89. The zero-order valence-electron chi connectivity index (χ0n) is 17.9. The van der Waals surface area contributed by atoms with Gasteiger partial charge in [-0.3, -0.25) is 9.52 Å². The number of carbonyl (C=O) groups is 1. The minimum atomic E-state index is -3.89. The van der Waals surface area contributed by atoms with Crippen LogP contribution < -0.4 is 14.3 Å². The van der Waals surface area contributed by atoms with Crippen LogP contribution in [0, 0.1) is 18.2 Å². The van der Waals surface area contributed by atoms with Gasteiger partial charge in [0.2, 0.25) is 0 Å². The maximum atomic E-state index is 14.4. The molecule has 34 heavy (non-hydrogen) atoms. The molecule has 3 aromatic carbocycles. The quantitative estimate of drug-likeness (QED) is 0.409. The Morgan fingerprint density at radius 1 is 1.18 bits per heavy atom. The van der Waals surface area contributed by atoms with Gasteiger partial charge in [0.1, 0.15) is 11.6 Å². The van der Waals surface area contributed by atoms with Gasteiger partial charge in [-0.15, -0.1) is 6.42 Å². The Labute approximate surface area is 199 Å². The van der Waals surface area contributed by atoms with Crippen molar-refractivity contribution < 1.29 is 22.3 Å². The summed E-state index contributed by atoms with van der Waals surface area (Å²) in [6, 6.07) is 16.4. The number of aromatic nitrogens is 1. The number of amides is 1. The Kier molecular flexibility index (Phi) is 6.49. The molecule has 1 N–H and O–H groups in total. The van der Waals surface area contributed by atoms with E-state index in [-0.39, 0.29) is 33.0 Å². The summed E-state index contributed by atoms with van der Waals surface area (Å²) in [5.74, 6) is 1.89. The van der Waals surface area contributed by atoms with E-state index in [4.69, 9.17) is 11.2 Å². The number of hydrogen-bond acceptors (Lipinski definition) is 5. The molecule has 0 aliphatic carbocycles. The summed E-state index contributed by atoms with van der Waals surface area (Å²) < 4.78 is 49.3. The summed E-state index contributed by atoms with van der Waals surface area (Å²) in [6.07, 6.45) is 5.43. The van der Waals surface area contributed by atoms with Crippen molar-refractivity contribution in [1.29, 1.82) is 0 Å². The number of carbonyl (C=O) groups excluding carboxylic acids is 1. The molecule has 0 fully saturated rings. The number of sulfonamides is 1. The molecule has 172 valence electrons. The van der Waals surface area contributed by atoms with Crippen LogP contribution in [0.1, 0.15) is 10.4 Å². The summed E-state index contributed by atoms with van der Waals surface area (Å²) in [4.78, 5) is 17.3. The van der Waals surface area contributed by atoms with E-state index in [1.807, 2.05) is 0 Å². The molecule has 4 rings (SSSR count). The van der Waals surface area contributed by atoms with Gasteiger partial charge in [0.15, 0.2) is 4.80 Å². The van der Waals surface area contributed by atoms with E-state index in [0.717, 1.165) is 11.3 Å². The highest BCUT2D eigenvalue weighted by Gasteiger charge is 2.16. The molecule has 0 bridgehead atoms. The molecule has 0 saturated carbocycles. The maximum absolute atomic E-state index is 14.4. The summed E-state index contributed by atoms with van der Waals surface area (Å²) >= 11 is 1.13. The van der Waals surface area contributed by atoms with Gasteiger partial charge in [0, 0.05) is 11.3 Å². The van der Waals surface area contributed by atoms with Gasteiger partial charge in [-0.05, 0) is 54.6 Å². The Balaban J connectivity index is 1.66. The van der Waals surface area contributed by atoms with Crippen molar-refractivity contribution in [2.45, 2.75) is 11.4 Å². The van der Waals surface area contributed by atoms with Crippen LogP contribution in [0.25, 0.3) is 10.2 Å². The predicted molar refractivity (Wildman–Crippen MR) is 129 cm³/mol. The average molecular weight is 496 g/mol. The first kappa shape index (κ1) is 23.2. The Bertz CT molecular complexity index is 1600. The van der Waals surface area contributed by atoms with E-state index < -0.39 is 21.7 Å². The number of anilines is 1. The van der Waals surface area contributed by atoms with Gasteiger partial charge in [-0.1, -0.05) is 29.4 Å². The minimum absolute atomic E-state index is 0.0365. The van der Waals surface area contributed by atoms with Gasteiger partial charge in [0.05, 0.1) is 28.8 Å². The second-order valence-corrected chi connectivity index (χ2v) is 9.73. The molecule has 0 unspecified atom stereocenters. The molecule has 0 aliphatic rings. The zero-order valence-corrected chi connectivity index (χ0v) is 19.5. The van der Waals surface area contributed by atoms with E-state index in [1.165, 1.54) is 66.3 Å². The molecule has 1 amide bonds. The number of methoxy groups -OCH3 is 1. The number of halogens is 1. The standard InChI is InChI=1S/C24H18FN3O4S2/c1-3-14-28-22-20(25)8-5-9-21(22)33-24(28)26-23(29)16-6-4-7-17(15-16)27-34(30,31)19-12-10-18(32-2)11-13-19/h1,4-13,15,27H,14H2,2H3. The van der Waals surface area contributed by atoms with Crippen LogP contribution in [0.2, 0.25) is 0 Å². The lowest BCUT2D eigenvalue weighted by molar-refractivity contribution is 0.0998. The lowest BCUT2D eigenvalue weighted by Crippen LogP contribution is -2.17. The number of ether oxygens (including phenoxy) is 1. The fourth-order valence-electron chi connectivity index (χ4n) is 3.25.